The molecule has 2 fully saturated rings. The second kappa shape index (κ2) is 13.3. The molecule has 5 atom stereocenters. The molecule has 5 rings (SSSR count). The number of ether oxygens (including phenoxy) is 2. The van der Waals surface area contributed by atoms with Gasteiger partial charge in [-0.25, -0.2) is 14.6 Å². The number of nitrogens with one attached hydrogen (secondary N) is 2. The zero-order valence-corrected chi connectivity index (χ0v) is 28.3. The molecule has 0 bridgehead atoms. The summed E-state index contributed by atoms with van der Waals surface area (Å²) in [4.78, 5) is 59.9. The summed E-state index contributed by atoms with van der Waals surface area (Å²) in [6, 6.07) is 15.3. The summed E-state index contributed by atoms with van der Waals surface area (Å²) in [5.74, 6) is -2.63. The summed E-state index contributed by atoms with van der Waals surface area (Å²) in [6.07, 6.45) is 1.22. The van der Waals surface area contributed by atoms with Gasteiger partial charge in [-0.3, -0.25) is 9.59 Å². The predicted octanol–water partition coefficient (Wildman–Crippen LogP) is 5.29. The molecule has 1 aliphatic heterocycles. The Bertz CT molecular complexity index is 1730. The number of likely N-dealkylation sites (tertiary alicyclic amines) is 1. The van der Waals surface area contributed by atoms with Gasteiger partial charge in [-0.05, 0) is 63.3 Å². The number of carboxylic acid groups (broad SMARTS) is 1. The fourth-order valence-electron chi connectivity index (χ4n) is 6.46. The minimum absolute atomic E-state index is 0.153. The molecule has 3 aromatic rings. The van der Waals surface area contributed by atoms with Gasteiger partial charge in [-0.2, -0.15) is 0 Å². The maximum atomic E-state index is 14.4. The molecule has 3 amide bonds. The third-order valence-electron chi connectivity index (χ3n) is 9.08. The van der Waals surface area contributed by atoms with Crippen molar-refractivity contribution in [1.82, 2.24) is 20.5 Å². The van der Waals surface area contributed by atoms with Crippen LogP contribution in [0.15, 0.2) is 67.3 Å². The first-order valence-corrected chi connectivity index (χ1v) is 16.2. The number of benzene rings is 2. The average Bonchev–Trinajstić information content (AvgIpc) is 3.58. The van der Waals surface area contributed by atoms with E-state index in [1.54, 1.807) is 41.7 Å². The van der Waals surface area contributed by atoms with E-state index in [0.29, 0.717) is 11.3 Å². The topological polar surface area (TPSA) is 147 Å². The fourth-order valence-corrected chi connectivity index (χ4v) is 6.46. The number of carbonyl (C=O) groups is 4. The summed E-state index contributed by atoms with van der Waals surface area (Å²) >= 11 is 0. The van der Waals surface area contributed by atoms with Crippen LogP contribution in [0.5, 0.6) is 5.75 Å². The van der Waals surface area contributed by atoms with Gasteiger partial charge < -0.3 is 30.1 Å². The summed E-state index contributed by atoms with van der Waals surface area (Å²) in [5, 5.41) is 16.3. The lowest BCUT2D eigenvalue weighted by Gasteiger charge is -2.31. The molecule has 1 saturated carbocycles. The van der Waals surface area contributed by atoms with E-state index < -0.39 is 53.0 Å². The van der Waals surface area contributed by atoms with E-state index >= 15 is 0 Å². The predicted molar refractivity (Wildman–Crippen MR) is 181 cm³/mol. The van der Waals surface area contributed by atoms with Gasteiger partial charge in [0.25, 0.3) is 0 Å². The number of hydrogen-bond acceptors (Lipinski definition) is 7. The van der Waals surface area contributed by atoms with Crippen molar-refractivity contribution in [3.63, 3.8) is 0 Å². The van der Waals surface area contributed by atoms with Crippen LogP contribution in [0.2, 0.25) is 0 Å². The molecule has 2 aromatic carbocycles. The largest absolute Gasteiger partial charge is 0.497 e. The molecular formula is C37H44N4O7. The van der Waals surface area contributed by atoms with Crippen LogP contribution in [-0.4, -0.2) is 75.7 Å². The van der Waals surface area contributed by atoms with Gasteiger partial charge in [0.05, 0.1) is 18.3 Å². The zero-order chi connectivity index (χ0) is 35.0. The summed E-state index contributed by atoms with van der Waals surface area (Å²) in [6.45, 7) is 12.7. The van der Waals surface area contributed by atoms with Crippen LogP contribution in [0.3, 0.4) is 0 Å². The van der Waals surface area contributed by atoms with E-state index in [0.717, 1.165) is 22.2 Å². The second-order valence-corrected chi connectivity index (χ2v) is 14.0. The van der Waals surface area contributed by atoms with Crippen LogP contribution in [0, 0.1) is 11.8 Å². The number of carbonyl (C=O) groups excluding carboxylic acids is 3. The van der Waals surface area contributed by atoms with Crippen LogP contribution in [0.1, 0.15) is 58.9 Å². The molecule has 3 N–H and O–H groups in total. The highest BCUT2D eigenvalue weighted by Gasteiger charge is 2.61. The third-order valence-corrected chi connectivity index (χ3v) is 9.08. The lowest BCUT2D eigenvalue weighted by Crippen LogP contribution is -2.57. The number of carboxylic acids is 1. The SMILES string of the molecule is C=CC1C[C@]1(NC(=O)[C@@H]1C[C@@H](c2cc(-c3ccccc3)nc3cc(OC)ccc23)CN1C(=O)[C@@H](NC(=O)OC(C)(C)C)C(C)C)C(=O)O. The Balaban J connectivity index is 1.56. The molecule has 1 unspecified atom stereocenters. The smallest absolute Gasteiger partial charge is 0.408 e. The molecule has 0 radical (unpaired) electrons. The standard InChI is InChI=1S/C37H44N4O7/c1-8-24-19-37(24,34(44)45)40-32(42)30-16-23(20-41(30)33(43)31(21(2)3)39-35(46)48-36(4,5)6)27-18-28(22-12-10-9-11-13-22)38-29-17-25(47-7)14-15-26(27)29/h8-15,17-18,21,23-24,30-31H,1,16,19-20H2,2-7H3,(H,39,46)(H,40,42)(H,44,45)/t23-,24?,30+,31+,37-/m1/s1. The van der Waals surface area contributed by atoms with Crippen molar-refractivity contribution in [2.24, 2.45) is 11.8 Å². The summed E-state index contributed by atoms with van der Waals surface area (Å²) < 4.78 is 10.9. The number of amides is 3. The maximum Gasteiger partial charge on any atom is 0.408 e. The number of hydrogen-bond donors (Lipinski definition) is 3. The minimum Gasteiger partial charge on any atom is -0.497 e. The summed E-state index contributed by atoms with van der Waals surface area (Å²) in [5.41, 5.74) is 0.948. The van der Waals surface area contributed by atoms with Crippen molar-refractivity contribution < 1.29 is 33.8 Å². The van der Waals surface area contributed by atoms with E-state index in [-0.39, 0.29) is 31.2 Å². The van der Waals surface area contributed by atoms with Crippen LogP contribution in [-0.2, 0) is 19.1 Å². The average molecular weight is 657 g/mol. The monoisotopic (exact) mass is 656 g/mol. The molecule has 2 aliphatic rings. The first-order chi connectivity index (χ1) is 22.7. The number of nitrogens with zero attached hydrogens (tertiary/aromatic N) is 2. The first-order valence-electron chi connectivity index (χ1n) is 16.2. The van der Waals surface area contributed by atoms with Crippen molar-refractivity contribution in [1.29, 1.82) is 0 Å². The Kier molecular flexibility index (Phi) is 9.53. The van der Waals surface area contributed by atoms with Gasteiger partial charge >= 0.3 is 12.1 Å². The molecule has 48 heavy (non-hydrogen) atoms. The number of methoxy groups -OCH3 is 1. The molecule has 1 aliphatic carbocycles. The van der Waals surface area contributed by atoms with Gasteiger partial charge in [-0.1, -0.05) is 50.3 Å². The van der Waals surface area contributed by atoms with E-state index in [9.17, 15) is 24.3 Å². The first kappa shape index (κ1) is 34.4. The zero-order valence-electron chi connectivity index (χ0n) is 28.3. The van der Waals surface area contributed by atoms with Gasteiger partial charge in [0, 0.05) is 35.4 Å². The molecule has 11 heteroatoms. The molecule has 2 heterocycles. The number of alkyl carbamates (subject to hydrolysis) is 1. The van der Waals surface area contributed by atoms with Crippen LogP contribution in [0.25, 0.3) is 22.2 Å². The molecule has 1 saturated heterocycles. The fraction of sp³-hybridized carbons (Fsp3) is 0.432. The molecule has 0 spiro atoms. The molecule has 254 valence electrons. The molecular weight excluding hydrogens is 612 g/mol. The molecule has 11 nitrogen and oxygen atoms in total. The van der Waals surface area contributed by atoms with Crippen molar-refractivity contribution >= 4 is 34.8 Å². The van der Waals surface area contributed by atoms with E-state index in [1.807, 2.05) is 54.6 Å². The van der Waals surface area contributed by atoms with Crippen LogP contribution >= 0.6 is 0 Å². The Morgan fingerprint density at radius 2 is 1.81 bits per heavy atom. The number of aromatic nitrogens is 1. The summed E-state index contributed by atoms with van der Waals surface area (Å²) in [7, 11) is 1.59. The minimum atomic E-state index is -1.47. The van der Waals surface area contributed by atoms with Gasteiger partial charge in [-0.15, -0.1) is 6.58 Å². The van der Waals surface area contributed by atoms with Gasteiger partial charge in [0.2, 0.25) is 11.8 Å². The number of pyridine rings is 1. The lowest BCUT2D eigenvalue weighted by atomic mass is 9.91. The number of rotatable bonds is 10. The van der Waals surface area contributed by atoms with Crippen molar-refractivity contribution in [2.45, 2.75) is 76.6 Å². The van der Waals surface area contributed by atoms with E-state index in [4.69, 9.17) is 14.5 Å². The highest BCUT2D eigenvalue weighted by atomic mass is 16.6. The van der Waals surface area contributed by atoms with Crippen molar-refractivity contribution in [3.05, 3.63) is 72.8 Å². The van der Waals surface area contributed by atoms with Gasteiger partial charge in [0.1, 0.15) is 29.0 Å². The highest BCUT2D eigenvalue weighted by Crippen LogP contribution is 2.45. The molecule has 1 aromatic heterocycles. The highest BCUT2D eigenvalue weighted by molar-refractivity contribution is 5.96. The van der Waals surface area contributed by atoms with E-state index in [2.05, 4.69) is 17.2 Å². The third kappa shape index (κ3) is 7.00. The van der Waals surface area contributed by atoms with Crippen LogP contribution < -0.4 is 15.4 Å². The number of fused-ring (bicyclic) bond motifs is 1. The van der Waals surface area contributed by atoms with Crippen molar-refractivity contribution in [2.75, 3.05) is 13.7 Å². The van der Waals surface area contributed by atoms with Gasteiger partial charge in [0.15, 0.2) is 0 Å². The lowest BCUT2D eigenvalue weighted by molar-refractivity contribution is -0.146. The van der Waals surface area contributed by atoms with E-state index in [1.165, 1.54) is 11.0 Å². The number of aliphatic carboxylic acids is 1. The second-order valence-electron chi connectivity index (χ2n) is 14.0. The maximum absolute atomic E-state index is 14.4. The Morgan fingerprint density at radius 1 is 1.10 bits per heavy atom. The quantitative estimate of drug-likeness (QED) is 0.250. The normalized spacial score (nSPS) is 22.6. The Morgan fingerprint density at radius 3 is 2.40 bits per heavy atom. The van der Waals surface area contributed by atoms with Crippen LogP contribution in [0.4, 0.5) is 4.79 Å². The Hall–Kier alpha value is -4.93. The Labute approximate surface area is 280 Å². The van der Waals surface area contributed by atoms with Crippen molar-refractivity contribution in [3.8, 4) is 17.0 Å².